The fraction of sp³-hybridized carbons (Fsp3) is 0.129. The highest BCUT2D eigenvalue weighted by Crippen LogP contribution is 2.42. The van der Waals surface area contributed by atoms with E-state index in [9.17, 15) is 0 Å². The van der Waals surface area contributed by atoms with Crippen LogP contribution in [0.4, 0.5) is 5.69 Å². The lowest BCUT2D eigenvalue weighted by atomic mass is 10.0. The van der Waals surface area contributed by atoms with Crippen molar-refractivity contribution in [3.63, 3.8) is 0 Å². The van der Waals surface area contributed by atoms with Crippen LogP contribution in [0.2, 0.25) is 0 Å². The van der Waals surface area contributed by atoms with Gasteiger partial charge in [0.05, 0.1) is 18.8 Å². The number of pyridine rings is 2. The molecule has 5 aromatic rings. The van der Waals surface area contributed by atoms with Gasteiger partial charge in [0.1, 0.15) is 29.1 Å². The zero-order valence-electron chi connectivity index (χ0n) is 21.6. The third-order valence-corrected chi connectivity index (χ3v) is 7.05. The topological polar surface area (TPSA) is 64.4 Å². The molecule has 1 saturated heterocycles. The maximum absolute atomic E-state index is 6.05. The number of aryl methyl sites for hydroxylation is 1. The summed E-state index contributed by atoms with van der Waals surface area (Å²) >= 11 is 5.91. The van der Waals surface area contributed by atoms with Crippen molar-refractivity contribution in [1.82, 2.24) is 19.9 Å². The van der Waals surface area contributed by atoms with Crippen molar-refractivity contribution in [2.24, 2.45) is 0 Å². The van der Waals surface area contributed by atoms with Gasteiger partial charge in [-0.15, -0.1) is 0 Å². The van der Waals surface area contributed by atoms with Crippen LogP contribution in [0.1, 0.15) is 29.0 Å². The van der Waals surface area contributed by atoms with Crippen LogP contribution in [0, 0.1) is 6.92 Å². The summed E-state index contributed by atoms with van der Waals surface area (Å²) in [6.07, 6.45) is 5.73. The third kappa shape index (κ3) is 4.94. The van der Waals surface area contributed by atoms with Gasteiger partial charge >= 0.3 is 0 Å². The first-order valence-corrected chi connectivity index (χ1v) is 13.0. The number of nitrogens with one attached hydrogen (secondary N) is 1. The molecule has 39 heavy (non-hydrogen) atoms. The van der Waals surface area contributed by atoms with Crippen molar-refractivity contribution in [2.75, 3.05) is 12.0 Å². The lowest BCUT2D eigenvalue weighted by molar-refractivity contribution is 0.413. The van der Waals surface area contributed by atoms with Gasteiger partial charge in [0.15, 0.2) is 5.11 Å². The fourth-order valence-electron chi connectivity index (χ4n) is 4.83. The van der Waals surface area contributed by atoms with Crippen LogP contribution < -0.4 is 19.7 Å². The van der Waals surface area contributed by atoms with Gasteiger partial charge in [0, 0.05) is 30.0 Å². The summed E-state index contributed by atoms with van der Waals surface area (Å²) in [5.41, 5.74) is 4.02. The number of aromatic nitrogens is 3. The van der Waals surface area contributed by atoms with Crippen molar-refractivity contribution in [3.8, 4) is 23.1 Å². The zero-order chi connectivity index (χ0) is 26.8. The van der Waals surface area contributed by atoms with Crippen molar-refractivity contribution in [3.05, 3.63) is 127 Å². The third-order valence-electron chi connectivity index (χ3n) is 6.73. The SMILES string of the molecule is COc1ccc(Oc2ccc(N3C(=S)N[C@H](c4ccccn4)[C@H]3c3cccn3-c3ccc(C)cn3)cc2)cc1. The van der Waals surface area contributed by atoms with E-state index in [-0.39, 0.29) is 12.1 Å². The lowest BCUT2D eigenvalue weighted by Gasteiger charge is -2.29. The summed E-state index contributed by atoms with van der Waals surface area (Å²) < 4.78 is 13.4. The molecule has 0 aliphatic carbocycles. The molecule has 0 saturated carbocycles. The highest BCUT2D eigenvalue weighted by atomic mass is 32.1. The normalized spacial score (nSPS) is 16.7. The predicted octanol–water partition coefficient (Wildman–Crippen LogP) is 6.55. The molecule has 1 fully saturated rings. The summed E-state index contributed by atoms with van der Waals surface area (Å²) in [5, 5.41) is 4.16. The Hall–Kier alpha value is -4.69. The molecule has 2 aromatic carbocycles. The number of nitrogens with zero attached hydrogens (tertiary/aromatic N) is 4. The second-order valence-electron chi connectivity index (χ2n) is 9.26. The summed E-state index contributed by atoms with van der Waals surface area (Å²) in [6, 6.07) is 29.3. The van der Waals surface area contributed by atoms with Crippen LogP contribution in [0.25, 0.3) is 5.82 Å². The number of hydrogen-bond donors (Lipinski definition) is 1. The number of ether oxygens (including phenoxy) is 2. The van der Waals surface area contributed by atoms with Crippen molar-refractivity contribution < 1.29 is 9.47 Å². The van der Waals surface area contributed by atoms with E-state index in [1.54, 1.807) is 7.11 Å². The minimum atomic E-state index is -0.168. The van der Waals surface area contributed by atoms with Gasteiger partial charge in [-0.2, -0.15) is 0 Å². The number of rotatable bonds is 7. The van der Waals surface area contributed by atoms with Gasteiger partial charge in [-0.05, 0) is 104 Å². The van der Waals surface area contributed by atoms with Gasteiger partial charge < -0.3 is 24.3 Å². The molecule has 0 radical (unpaired) electrons. The second-order valence-corrected chi connectivity index (χ2v) is 9.65. The fourth-order valence-corrected chi connectivity index (χ4v) is 5.18. The van der Waals surface area contributed by atoms with E-state index in [4.69, 9.17) is 21.7 Å². The Bertz CT molecular complexity index is 1570. The molecular formula is C31H27N5O2S. The average Bonchev–Trinajstić information content (AvgIpc) is 3.59. The monoisotopic (exact) mass is 533 g/mol. The van der Waals surface area contributed by atoms with Gasteiger partial charge in [-0.3, -0.25) is 4.98 Å². The Morgan fingerprint density at radius 2 is 1.56 bits per heavy atom. The number of benzene rings is 2. The van der Waals surface area contributed by atoms with Crippen molar-refractivity contribution in [1.29, 1.82) is 0 Å². The van der Waals surface area contributed by atoms with Gasteiger partial charge in [-0.1, -0.05) is 12.1 Å². The number of hydrogen-bond acceptors (Lipinski definition) is 5. The molecule has 1 aliphatic heterocycles. The zero-order valence-corrected chi connectivity index (χ0v) is 22.4. The predicted molar refractivity (Wildman–Crippen MR) is 156 cm³/mol. The molecule has 1 N–H and O–H groups in total. The molecule has 7 nitrogen and oxygen atoms in total. The summed E-state index contributed by atoms with van der Waals surface area (Å²) in [7, 11) is 1.64. The maximum atomic E-state index is 6.05. The highest BCUT2D eigenvalue weighted by Gasteiger charge is 2.42. The van der Waals surface area contributed by atoms with Gasteiger partial charge in [0.25, 0.3) is 0 Å². The standard InChI is InChI=1S/C31H27N5O2S/c1-21-8-17-28(33-20-21)35-19-5-7-27(35)30-29(26-6-3-4-18-32-26)34-31(39)36(30)22-9-11-24(12-10-22)38-25-15-13-23(37-2)14-16-25/h3-20,29-30H,1-2H3,(H,34,39)/t29-,30-/m1/s1. The highest BCUT2D eigenvalue weighted by molar-refractivity contribution is 7.80. The smallest absolute Gasteiger partial charge is 0.174 e. The van der Waals surface area contributed by atoms with Crippen LogP contribution in [0.3, 0.4) is 0 Å². The molecule has 2 atom stereocenters. The van der Waals surface area contributed by atoms with E-state index >= 15 is 0 Å². The van der Waals surface area contributed by atoms with Crippen molar-refractivity contribution in [2.45, 2.75) is 19.0 Å². The molecule has 1 aliphatic rings. The van der Waals surface area contributed by atoms with Crippen LogP contribution in [-0.2, 0) is 0 Å². The Morgan fingerprint density at radius 1 is 0.821 bits per heavy atom. The lowest BCUT2D eigenvalue weighted by Crippen LogP contribution is -2.30. The van der Waals surface area contributed by atoms with Gasteiger partial charge in [-0.25, -0.2) is 4.98 Å². The molecule has 0 bridgehead atoms. The molecular weight excluding hydrogens is 506 g/mol. The number of thiocarbonyl (C=S) groups is 1. The van der Waals surface area contributed by atoms with Crippen molar-refractivity contribution >= 4 is 23.0 Å². The largest absolute Gasteiger partial charge is 0.497 e. The summed E-state index contributed by atoms with van der Waals surface area (Å²) in [4.78, 5) is 11.5. The van der Waals surface area contributed by atoms with E-state index in [0.29, 0.717) is 5.11 Å². The molecule has 8 heteroatoms. The Labute approximate surface area is 232 Å². The van der Waals surface area contributed by atoms with Crippen LogP contribution >= 0.6 is 12.2 Å². The summed E-state index contributed by atoms with van der Waals surface area (Å²) in [6.45, 7) is 2.04. The number of anilines is 1. The van der Waals surface area contributed by atoms with Crippen LogP contribution in [0.15, 0.2) is 110 Å². The molecule has 6 rings (SSSR count). The van der Waals surface area contributed by atoms with E-state index < -0.39 is 0 Å². The maximum Gasteiger partial charge on any atom is 0.174 e. The first-order chi connectivity index (χ1) is 19.1. The van der Waals surface area contributed by atoms with E-state index in [0.717, 1.165) is 45.7 Å². The Balaban J connectivity index is 1.36. The molecule has 4 heterocycles. The number of methoxy groups -OCH3 is 1. The molecule has 0 spiro atoms. The van der Waals surface area contributed by atoms with E-state index in [1.807, 2.05) is 104 Å². The molecule has 194 valence electrons. The van der Waals surface area contributed by atoms with Crippen LogP contribution in [-0.4, -0.2) is 26.8 Å². The van der Waals surface area contributed by atoms with E-state index in [1.165, 1.54) is 0 Å². The molecule has 0 amide bonds. The quantitative estimate of drug-likeness (QED) is 0.238. The van der Waals surface area contributed by atoms with Crippen LogP contribution in [0.5, 0.6) is 17.2 Å². The minimum absolute atomic E-state index is 0.159. The Kier molecular flexibility index (Phi) is 6.69. The Morgan fingerprint density at radius 3 is 2.23 bits per heavy atom. The summed E-state index contributed by atoms with van der Waals surface area (Å²) in [5.74, 6) is 3.10. The van der Waals surface area contributed by atoms with E-state index in [2.05, 4.69) is 36.9 Å². The first kappa shape index (κ1) is 24.6. The minimum Gasteiger partial charge on any atom is -0.497 e. The second kappa shape index (κ2) is 10.6. The average molecular weight is 534 g/mol. The van der Waals surface area contributed by atoms with Gasteiger partial charge in [0.2, 0.25) is 0 Å². The first-order valence-electron chi connectivity index (χ1n) is 12.6. The molecule has 3 aromatic heterocycles. The molecule has 0 unspecified atom stereocenters.